The average Bonchev–Trinajstić information content (AvgIpc) is 2.57. The Morgan fingerprint density at radius 2 is 1.62 bits per heavy atom. The van der Waals surface area contributed by atoms with E-state index in [9.17, 15) is 9.59 Å². The molecule has 3 aromatic rings. The fourth-order valence-corrected chi connectivity index (χ4v) is 2.16. The third-order valence-corrected chi connectivity index (χ3v) is 3.21. The standard InChI is InChI=1S/C17H15N5O2/c1-11(23)18-13-7-9-14(10-8-13)19-17-20-16(24)15(21-22-17)12-5-3-2-4-6-12/h2-10H,1H3,(H,18,23)(H2,19,20,22,24). The number of H-pyrrole nitrogens is 1. The van der Waals surface area contributed by atoms with Crippen LogP contribution in [0, 0.1) is 0 Å². The molecule has 120 valence electrons. The summed E-state index contributed by atoms with van der Waals surface area (Å²) in [5, 5.41) is 13.6. The molecule has 0 fully saturated rings. The molecule has 24 heavy (non-hydrogen) atoms. The molecule has 7 heteroatoms. The molecule has 0 aliphatic carbocycles. The lowest BCUT2D eigenvalue weighted by Crippen LogP contribution is -2.15. The van der Waals surface area contributed by atoms with Crippen molar-refractivity contribution in [2.45, 2.75) is 6.92 Å². The molecule has 1 amide bonds. The Morgan fingerprint density at radius 3 is 2.25 bits per heavy atom. The number of benzene rings is 2. The number of nitrogens with zero attached hydrogens (tertiary/aromatic N) is 2. The molecule has 7 nitrogen and oxygen atoms in total. The SMILES string of the molecule is CC(=O)Nc1ccc(Nc2nnc(-c3ccccc3)c(=O)[nH]2)cc1. The van der Waals surface area contributed by atoms with E-state index in [0.29, 0.717) is 16.9 Å². The molecular weight excluding hydrogens is 306 g/mol. The third kappa shape index (κ3) is 3.64. The molecule has 1 heterocycles. The Balaban J connectivity index is 1.78. The van der Waals surface area contributed by atoms with E-state index in [4.69, 9.17) is 0 Å². The number of carbonyl (C=O) groups excluding carboxylic acids is 1. The van der Waals surface area contributed by atoms with Gasteiger partial charge in [0.2, 0.25) is 11.9 Å². The van der Waals surface area contributed by atoms with Crippen molar-refractivity contribution in [3.8, 4) is 11.3 Å². The first kappa shape index (κ1) is 15.4. The van der Waals surface area contributed by atoms with Crippen LogP contribution < -0.4 is 16.2 Å². The van der Waals surface area contributed by atoms with Gasteiger partial charge in [-0.1, -0.05) is 30.3 Å². The Bertz CT molecular complexity index is 904. The first-order valence-corrected chi connectivity index (χ1v) is 7.29. The highest BCUT2D eigenvalue weighted by molar-refractivity contribution is 5.88. The van der Waals surface area contributed by atoms with E-state index >= 15 is 0 Å². The zero-order valence-corrected chi connectivity index (χ0v) is 12.9. The van der Waals surface area contributed by atoms with E-state index in [1.165, 1.54) is 6.92 Å². The lowest BCUT2D eigenvalue weighted by molar-refractivity contribution is -0.114. The van der Waals surface area contributed by atoms with Gasteiger partial charge in [-0.15, -0.1) is 10.2 Å². The van der Waals surface area contributed by atoms with E-state index in [1.54, 1.807) is 36.4 Å². The zero-order valence-electron chi connectivity index (χ0n) is 12.9. The maximum atomic E-state index is 12.2. The van der Waals surface area contributed by atoms with Crippen LogP contribution in [0.3, 0.4) is 0 Å². The molecule has 0 atom stereocenters. The average molecular weight is 321 g/mol. The number of hydrogen-bond donors (Lipinski definition) is 3. The highest BCUT2D eigenvalue weighted by Crippen LogP contribution is 2.16. The topological polar surface area (TPSA) is 99.8 Å². The summed E-state index contributed by atoms with van der Waals surface area (Å²) in [5.41, 5.74) is 2.04. The number of nitrogens with one attached hydrogen (secondary N) is 3. The van der Waals surface area contributed by atoms with Crippen molar-refractivity contribution in [1.29, 1.82) is 0 Å². The maximum Gasteiger partial charge on any atom is 0.279 e. The second-order valence-electron chi connectivity index (χ2n) is 5.10. The van der Waals surface area contributed by atoms with Gasteiger partial charge >= 0.3 is 0 Å². The van der Waals surface area contributed by atoms with Crippen LogP contribution in [-0.2, 0) is 4.79 Å². The van der Waals surface area contributed by atoms with Crippen molar-refractivity contribution in [3.05, 3.63) is 65.0 Å². The highest BCUT2D eigenvalue weighted by Gasteiger charge is 2.07. The normalized spacial score (nSPS) is 10.2. The number of rotatable bonds is 4. The summed E-state index contributed by atoms with van der Waals surface area (Å²) < 4.78 is 0. The summed E-state index contributed by atoms with van der Waals surface area (Å²) in [6, 6.07) is 16.1. The smallest absolute Gasteiger partial charge is 0.279 e. The Labute approximate surface area is 137 Å². The molecule has 0 unspecified atom stereocenters. The number of carbonyl (C=O) groups is 1. The summed E-state index contributed by atoms with van der Waals surface area (Å²) >= 11 is 0. The van der Waals surface area contributed by atoms with Gasteiger partial charge in [0.15, 0.2) is 5.69 Å². The van der Waals surface area contributed by atoms with Crippen LogP contribution in [0.5, 0.6) is 0 Å². The fourth-order valence-electron chi connectivity index (χ4n) is 2.16. The summed E-state index contributed by atoms with van der Waals surface area (Å²) in [6.07, 6.45) is 0. The van der Waals surface area contributed by atoms with Crippen molar-refractivity contribution >= 4 is 23.2 Å². The lowest BCUT2D eigenvalue weighted by atomic mass is 10.2. The highest BCUT2D eigenvalue weighted by atomic mass is 16.1. The first-order valence-electron chi connectivity index (χ1n) is 7.29. The molecule has 2 aromatic carbocycles. The quantitative estimate of drug-likeness (QED) is 0.685. The van der Waals surface area contributed by atoms with Crippen LogP contribution in [-0.4, -0.2) is 21.1 Å². The second kappa shape index (κ2) is 6.74. The molecule has 0 saturated carbocycles. The zero-order chi connectivity index (χ0) is 16.9. The Kier molecular flexibility index (Phi) is 4.33. The van der Waals surface area contributed by atoms with Crippen LogP contribution >= 0.6 is 0 Å². The number of aromatic nitrogens is 3. The van der Waals surface area contributed by atoms with E-state index in [2.05, 4.69) is 25.8 Å². The number of anilines is 3. The Hall–Kier alpha value is -3.48. The number of amides is 1. The summed E-state index contributed by atoms with van der Waals surface area (Å²) in [4.78, 5) is 25.8. The molecule has 0 spiro atoms. The molecular formula is C17H15N5O2. The van der Waals surface area contributed by atoms with Crippen LogP contribution in [0.2, 0.25) is 0 Å². The fraction of sp³-hybridized carbons (Fsp3) is 0.0588. The molecule has 3 rings (SSSR count). The molecule has 0 aliphatic heterocycles. The minimum absolute atomic E-state index is 0.137. The predicted octanol–water partition coefficient (Wildman–Crippen LogP) is 2.53. The van der Waals surface area contributed by atoms with E-state index in [0.717, 1.165) is 0 Å². The van der Waals surface area contributed by atoms with Crippen molar-refractivity contribution in [2.24, 2.45) is 0 Å². The molecule has 0 saturated heterocycles. The van der Waals surface area contributed by atoms with Crippen molar-refractivity contribution in [1.82, 2.24) is 15.2 Å². The van der Waals surface area contributed by atoms with Gasteiger partial charge in [-0.3, -0.25) is 14.6 Å². The van der Waals surface area contributed by atoms with Crippen molar-refractivity contribution < 1.29 is 4.79 Å². The molecule has 0 radical (unpaired) electrons. The molecule has 3 N–H and O–H groups in total. The predicted molar refractivity (Wildman–Crippen MR) is 92.1 cm³/mol. The third-order valence-electron chi connectivity index (χ3n) is 3.21. The summed E-state index contributed by atoms with van der Waals surface area (Å²) in [6.45, 7) is 1.45. The Morgan fingerprint density at radius 1 is 0.958 bits per heavy atom. The number of aromatic amines is 1. The van der Waals surface area contributed by atoms with Gasteiger partial charge in [-0.05, 0) is 24.3 Å². The van der Waals surface area contributed by atoms with Gasteiger partial charge < -0.3 is 10.6 Å². The van der Waals surface area contributed by atoms with Gasteiger partial charge in [0.05, 0.1) is 0 Å². The van der Waals surface area contributed by atoms with Gasteiger partial charge in [0.25, 0.3) is 5.56 Å². The minimum atomic E-state index is -0.325. The first-order chi connectivity index (χ1) is 11.6. The second-order valence-corrected chi connectivity index (χ2v) is 5.10. The van der Waals surface area contributed by atoms with Crippen LogP contribution in [0.1, 0.15) is 6.92 Å². The van der Waals surface area contributed by atoms with E-state index < -0.39 is 0 Å². The lowest BCUT2D eigenvalue weighted by Gasteiger charge is -2.07. The largest absolute Gasteiger partial charge is 0.326 e. The molecule has 0 aliphatic rings. The maximum absolute atomic E-state index is 12.2. The van der Waals surface area contributed by atoms with Crippen molar-refractivity contribution in [3.63, 3.8) is 0 Å². The van der Waals surface area contributed by atoms with Gasteiger partial charge in [-0.2, -0.15) is 0 Å². The van der Waals surface area contributed by atoms with Crippen molar-refractivity contribution in [2.75, 3.05) is 10.6 Å². The summed E-state index contributed by atoms with van der Waals surface area (Å²) in [5.74, 6) is 0.106. The van der Waals surface area contributed by atoms with Crippen LogP contribution in [0.15, 0.2) is 59.4 Å². The van der Waals surface area contributed by atoms with E-state index in [-0.39, 0.29) is 23.1 Å². The van der Waals surface area contributed by atoms with Gasteiger partial charge in [-0.25, -0.2) is 0 Å². The van der Waals surface area contributed by atoms with E-state index in [1.807, 2.05) is 18.2 Å². The van der Waals surface area contributed by atoms with Gasteiger partial charge in [0.1, 0.15) is 0 Å². The molecule has 1 aromatic heterocycles. The van der Waals surface area contributed by atoms with Crippen LogP contribution in [0.25, 0.3) is 11.3 Å². The minimum Gasteiger partial charge on any atom is -0.326 e. The van der Waals surface area contributed by atoms with Crippen LogP contribution in [0.4, 0.5) is 17.3 Å². The monoisotopic (exact) mass is 321 g/mol. The van der Waals surface area contributed by atoms with Gasteiger partial charge in [0, 0.05) is 23.9 Å². The number of hydrogen-bond acceptors (Lipinski definition) is 5. The summed E-state index contributed by atoms with van der Waals surface area (Å²) in [7, 11) is 0. The molecule has 0 bridgehead atoms.